The molecule has 2 aromatic carbocycles. The number of benzene rings is 2. The average molecular weight is 364 g/mol. The SMILES string of the molecule is CC1(c2cccc([N+](=O)[O-])c2)c2c1c(O)n(CCCc1ccccc1)c2O. The van der Waals surface area contributed by atoms with E-state index >= 15 is 0 Å². The third-order valence-electron chi connectivity index (χ3n) is 5.47. The average Bonchev–Trinajstić information content (AvgIpc) is 3.23. The summed E-state index contributed by atoms with van der Waals surface area (Å²) in [6.45, 7) is 2.37. The van der Waals surface area contributed by atoms with Gasteiger partial charge in [0.05, 0.1) is 10.3 Å². The second-order valence-electron chi connectivity index (χ2n) is 7.07. The highest BCUT2D eigenvalue weighted by Crippen LogP contribution is 2.64. The summed E-state index contributed by atoms with van der Waals surface area (Å²) < 4.78 is 1.52. The molecular weight excluding hydrogens is 344 g/mol. The number of non-ortho nitro benzene ring substituents is 1. The maximum Gasteiger partial charge on any atom is 0.269 e. The number of rotatable bonds is 6. The minimum absolute atomic E-state index is 0.00130. The summed E-state index contributed by atoms with van der Waals surface area (Å²) in [5, 5.41) is 32.3. The van der Waals surface area contributed by atoms with Crippen molar-refractivity contribution in [1.82, 2.24) is 4.57 Å². The minimum atomic E-state index is -0.671. The van der Waals surface area contributed by atoms with E-state index in [1.54, 1.807) is 12.1 Å². The first kappa shape index (κ1) is 17.1. The van der Waals surface area contributed by atoms with Crippen molar-refractivity contribution in [3.63, 3.8) is 0 Å². The lowest BCUT2D eigenvalue weighted by atomic mass is 9.92. The van der Waals surface area contributed by atoms with Gasteiger partial charge >= 0.3 is 0 Å². The maximum atomic E-state index is 11.0. The second-order valence-corrected chi connectivity index (χ2v) is 7.07. The van der Waals surface area contributed by atoms with Gasteiger partial charge in [0.15, 0.2) is 11.8 Å². The molecule has 1 heterocycles. The molecular formula is C21H20N2O4. The molecule has 6 heteroatoms. The molecule has 0 fully saturated rings. The molecule has 4 rings (SSSR count). The zero-order valence-corrected chi connectivity index (χ0v) is 14.9. The van der Waals surface area contributed by atoms with E-state index in [1.807, 2.05) is 25.1 Å². The van der Waals surface area contributed by atoms with Crippen molar-refractivity contribution in [3.05, 3.63) is 87.0 Å². The summed E-state index contributed by atoms with van der Waals surface area (Å²) >= 11 is 0. The fourth-order valence-corrected chi connectivity index (χ4v) is 3.93. The van der Waals surface area contributed by atoms with E-state index in [1.165, 1.54) is 22.3 Å². The van der Waals surface area contributed by atoms with Gasteiger partial charge in [0.1, 0.15) is 0 Å². The number of aromatic hydroxyl groups is 2. The van der Waals surface area contributed by atoms with Crippen molar-refractivity contribution in [3.8, 4) is 11.8 Å². The van der Waals surface area contributed by atoms with E-state index in [4.69, 9.17) is 0 Å². The quantitative estimate of drug-likeness (QED) is 0.509. The first-order valence-electron chi connectivity index (χ1n) is 8.89. The van der Waals surface area contributed by atoms with Crippen LogP contribution in [-0.4, -0.2) is 19.7 Å². The molecule has 0 saturated carbocycles. The van der Waals surface area contributed by atoms with E-state index in [0.717, 1.165) is 12.8 Å². The van der Waals surface area contributed by atoms with Crippen LogP contribution in [0.15, 0.2) is 54.6 Å². The minimum Gasteiger partial charge on any atom is -0.494 e. The number of fused-ring (bicyclic) bond motifs is 1. The maximum absolute atomic E-state index is 11.0. The lowest BCUT2D eigenvalue weighted by Gasteiger charge is -2.16. The van der Waals surface area contributed by atoms with Crippen molar-refractivity contribution in [2.24, 2.45) is 0 Å². The highest BCUT2D eigenvalue weighted by molar-refractivity contribution is 5.76. The summed E-state index contributed by atoms with van der Waals surface area (Å²) in [6, 6.07) is 16.4. The number of hydrogen-bond acceptors (Lipinski definition) is 4. The molecule has 0 unspecified atom stereocenters. The lowest BCUT2D eigenvalue weighted by Crippen LogP contribution is -2.10. The Morgan fingerprint density at radius 2 is 1.70 bits per heavy atom. The summed E-state index contributed by atoms with van der Waals surface area (Å²) in [4.78, 5) is 10.6. The molecule has 2 N–H and O–H groups in total. The van der Waals surface area contributed by atoms with Crippen molar-refractivity contribution in [1.29, 1.82) is 0 Å². The van der Waals surface area contributed by atoms with Gasteiger partial charge in [0.2, 0.25) is 0 Å². The van der Waals surface area contributed by atoms with Gasteiger partial charge in [-0.15, -0.1) is 0 Å². The number of aromatic nitrogens is 1. The normalized spacial score (nSPS) is 14.0. The monoisotopic (exact) mass is 364 g/mol. The van der Waals surface area contributed by atoms with Crippen LogP contribution in [0, 0.1) is 10.1 Å². The van der Waals surface area contributed by atoms with Crippen molar-refractivity contribution in [2.45, 2.75) is 31.7 Å². The smallest absolute Gasteiger partial charge is 0.269 e. The van der Waals surface area contributed by atoms with Gasteiger partial charge in [-0.1, -0.05) is 42.5 Å². The molecule has 0 saturated heterocycles. The first-order chi connectivity index (χ1) is 12.9. The van der Waals surface area contributed by atoms with Gasteiger partial charge in [-0.05, 0) is 30.9 Å². The van der Waals surface area contributed by atoms with Crippen molar-refractivity contribution >= 4 is 5.69 Å². The van der Waals surface area contributed by atoms with Crippen LogP contribution in [0.2, 0.25) is 0 Å². The second kappa shape index (κ2) is 6.16. The Bertz CT molecular complexity index is 997. The van der Waals surface area contributed by atoms with E-state index in [-0.39, 0.29) is 17.4 Å². The molecule has 1 aliphatic rings. The summed E-state index contributed by atoms with van der Waals surface area (Å²) in [5.41, 5.74) is 2.54. The highest BCUT2D eigenvalue weighted by atomic mass is 16.6. The van der Waals surface area contributed by atoms with Crippen LogP contribution >= 0.6 is 0 Å². The lowest BCUT2D eigenvalue weighted by molar-refractivity contribution is -0.384. The van der Waals surface area contributed by atoms with Gasteiger partial charge < -0.3 is 10.2 Å². The van der Waals surface area contributed by atoms with Gasteiger partial charge in [0.25, 0.3) is 5.69 Å². The van der Waals surface area contributed by atoms with E-state index in [0.29, 0.717) is 23.2 Å². The van der Waals surface area contributed by atoms with Gasteiger partial charge in [-0.3, -0.25) is 14.7 Å². The van der Waals surface area contributed by atoms with Crippen LogP contribution in [0.25, 0.3) is 0 Å². The number of nitro groups is 1. The summed E-state index contributed by atoms with van der Waals surface area (Å²) in [7, 11) is 0. The van der Waals surface area contributed by atoms with Crippen LogP contribution in [-0.2, 0) is 18.4 Å². The Labute approximate surface area is 156 Å². The van der Waals surface area contributed by atoms with Crippen LogP contribution in [0.5, 0.6) is 11.8 Å². The topological polar surface area (TPSA) is 88.5 Å². The molecule has 6 nitrogen and oxygen atoms in total. The third-order valence-corrected chi connectivity index (χ3v) is 5.47. The largest absolute Gasteiger partial charge is 0.494 e. The Morgan fingerprint density at radius 1 is 1.04 bits per heavy atom. The number of nitro benzene ring substituents is 1. The molecule has 0 radical (unpaired) electrons. The van der Waals surface area contributed by atoms with Gasteiger partial charge in [0, 0.05) is 29.8 Å². The molecule has 0 atom stereocenters. The van der Waals surface area contributed by atoms with Crippen LogP contribution < -0.4 is 0 Å². The van der Waals surface area contributed by atoms with Crippen LogP contribution in [0.1, 0.15) is 35.6 Å². The molecule has 3 aromatic rings. The predicted octanol–water partition coefficient (Wildman–Crippen LogP) is 4.11. The fraction of sp³-hybridized carbons (Fsp3) is 0.238. The zero-order valence-electron chi connectivity index (χ0n) is 14.9. The molecule has 27 heavy (non-hydrogen) atoms. The van der Waals surface area contributed by atoms with Crippen LogP contribution in [0.4, 0.5) is 5.69 Å². The first-order valence-corrected chi connectivity index (χ1v) is 8.89. The number of hydrogen-bond donors (Lipinski definition) is 2. The van der Waals surface area contributed by atoms with E-state index in [2.05, 4.69) is 12.1 Å². The third kappa shape index (κ3) is 2.65. The number of nitrogens with zero attached hydrogens (tertiary/aromatic N) is 2. The molecule has 0 amide bonds. The number of aryl methyl sites for hydroxylation is 1. The highest BCUT2D eigenvalue weighted by Gasteiger charge is 2.56. The fourth-order valence-electron chi connectivity index (χ4n) is 3.93. The van der Waals surface area contributed by atoms with Gasteiger partial charge in [-0.2, -0.15) is 0 Å². The van der Waals surface area contributed by atoms with Crippen molar-refractivity contribution in [2.75, 3.05) is 0 Å². The predicted molar refractivity (Wildman–Crippen MR) is 101 cm³/mol. The van der Waals surface area contributed by atoms with Crippen LogP contribution in [0.3, 0.4) is 0 Å². The molecule has 0 bridgehead atoms. The zero-order chi connectivity index (χ0) is 19.2. The molecule has 138 valence electrons. The molecule has 0 aliphatic heterocycles. The summed E-state index contributed by atoms with van der Waals surface area (Å²) in [6.07, 6.45) is 1.64. The summed E-state index contributed by atoms with van der Waals surface area (Å²) in [5.74, 6) is 0.0918. The Kier molecular flexibility index (Phi) is 3.91. The molecule has 1 aliphatic carbocycles. The van der Waals surface area contributed by atoms with E-state index in [9.17, 15) is 20.3 Å². The van der Waals surface area contributed by atoms with E-state index < -0.39 is 10.3 Å². The Balaban J connectivity index is 1.55. The standard InChI is InChI=1S/C21H20N2O4/c1-21(15-10-5-11-16(13-15)23(26)27)17-18(21)20(25)22(19(17)24)12-6-9-14-7-3-2-4-8-14/h2-5,7-8,10-11,13,24-25H,6,9,12H2,1H3. The molecule has 0 spiro atoms. The van der Waals surface area contributed by atoms with Crippen molar-refractivity contribution < 1.29 is 15.1 Å². The Hall–Kier alpha value is -3.28. The Morgan fingerprint density at radius 3 is 2.33 bits per heavy atom. The van der Waals surface area contributed by atoms with Gasteiger partial charge in [-0.25, -0.2) is 0 Å². The molecule has 1 aromatic heterocycles.